The number of H-pyrrole nitrogens is 1. The van der Waals surface area contributed by atoms with Crippen molar-refractivity contribution in [2.45, 2.75) is 26.8 Å². The molecule has 0 amide bonds. The highest BCUT2D eigenvalue weighted by molar-refractivity contribution is 7.07. The van der Waals surface area contributed by atoms with E-state index in [4.69, 9.17) is 9.47 Å². The van der Waals surface area contributed by atoms with Crippen molar-refractivity contribution >= 4 is 34.3 Å². The average molecular weight is 488 g/mol. The summed E-state index contributed by atoms with van der Waals surface area (Å²) in [6.07, 6.45) is 3.77. The molecule has 0 fully saturated rings. The molecule has 5 rings (SSSR count). The number of aromatic nitrogens is 2. The summed E-state index contributed by atoms with van der Waals surface area (Å²) in [7, 11) is 0. The van der Waals surface area contributed by atoms with Crippen LogP contribution in [0.4, 0.5) is 0 Å². The van der Waals surface area contributed by atoms with Gasteiger partial charge in [0.25, 0.3) is 5.56 Å². The summed E-state index contributed by atoms with van der Waals surface area (Å²) in [5.74, 6) is 0.250. The fourth-order valence-electron chi connectivity index (χ4n) is 4.37. The molecule has 2 aromatic carbocycles. The fourth-order valence-corrected chi connectivity index (χ4v) is 5.41. The third-order valence-electron chi connectivity index (χ3n) is 5.93. The van der Waals surface area contributed by atoms with Gasteiger partial charge in [0.05, 0.1) is 35.1 Å². The van der Waals surface area contributed by atoms with Crippen molar-refractivity contribution < 1.29 is 14.3 Å². The SMILES string of the molecule is CCOC(=O)C1=C(C)N=c2s/c(=C\c3c[nH]c4ccccc34)c(=O)n2[C@H]1c1ccc(OCC)cc1. The molecule has 1 aliphatic heterocycles. The van der Waals surface area contributed by atoms with E-state index < -0.39 is 12.0 Å². The third-order valence-corrected chi connectivity index (χ3v) is 6.91. The van der Waals surface area contributed by atoms with E-state index in [0.717, 1.165) is 27.8 Å². The quantitative estimate of drug-likeness (QED) is 0.421. The van der Waals surface area contributed by atoms with Crippen molar-refractivity contribution in [1.82, 2.24) is 9.55 Å². The molecule has 3 heterocycles. The molecule has 0 spiro atoms. The van der Waals surface area contributed by atoms with E-state index in [2.05, 4.69) is 9.98 Å². The normalized spacial score (nSPS) is 15.7. The van der Waals surface area contributed by atoms with Crippen LogP contribution in [0.1, 0.15) is 37.9 Å². The molecule has 1 aliphatic rings. The van der Waals surface area contributed by atoms with Crippen LogP contribution < -0.4 is 19.6 Å². The van der Waals surface area contributed by atoms with Gasteiger partial charge in [-0.1, -0.05) is 41.7 Å². The number of nitrogens with one attached hydrogen (secondary N) is 1. The van der Waals surface area contributed by atoms with Crippen LogP contribution >= 0.6 is 11.3 Å². The zero-order valence-electron chi connectivity index (χ0n) is 19.7. The first-order valence-corrected chi connectivity index (χ1v) is 12.3. The van der Waals surface area contributed by atoms with Crippen molar-refractivity contribution in [3.63, 3.8) is 0 Å². The first kappa shape index (κ1) is 22.9. The molecular formula is C27H25N3O4S. The summed E-state index contributed by atoms with van der Waals surface area (Å²) in [6.45, 7) is 6.25. The van der Waals surface area contributed by atoms with Gasteiger partial charge in [-0.05, 0) is 50.6 Å². The van der Waals surface area contributed by atoms with Crippen LogP contribution in [0, 0.1) is 0 Å². The van der Waals surface area contributed by atoms with Crippen LogP contribution in [0.15, 0.2) is 75.8 Å². The third kappa shape index (κ3) is 4.10. The van der Waals surface area contributed by atoms with Crippen LogP contribution in [-0.4, -0.2) is 28.7 Å². The molecule has 0 saturated heterocycles. The van der Waals surface area contributed by atoms with Crippen molar-refractivity contribution in [3.8, 4) is 5.75 Å². The summed E-state index contributed by atoms with van der Waals surface area (Å²) in [6, 6.07) is 14.7. The maximum atomic E-state index is 13.7. The van der Waals surface area contributed by atoms with E-state index in [9.17, 15) is 9.59 Å². The van der Waals surface area contributed by atoms with Gasteiger partial charge in [0.15, 0.2) is 4.80 Å². The molecule has 0 saturated carbocycles. The fraction of sp³-hybridized carbons (Fsp3) is 0.222. The van der Waals surface area contributed by atoms with E-state index in [1.165, 1.54) is 11.3 Å². The first-order valence-electron chi connectivity index (χ1n) is 11.5. The van der Waals surface area contributed by atoms with Gasteiger partial charge in [0.1, 0.15) is 5.75 Å². The van der Waals surface area contributed by atoms with E-state index in [1.54, 1.807) is 18.4 Å². The molecule has 1 N–H and O–H groups in total. The van der Waals surface area contributed by atoms with Gasteiger partial charge in [-0.25, -0.2) is 9.79 Å². The zero-order chi connectivity index (χ0) is 24.5. The number of nitrogens with zero attached hydrogens (tertiary/aromatic N) is 2. The molecular weight excluding hydrogens is 462 g/mol. The number of carbonyl (C=O) groups excluding carboxylic acids is 1. The van der Waals surface area contributed by atoms with E-state index in [0.29, 0.717) is 27.2 Å². The number of thiazole rings is 1. The molecule has 0 radical (unpaired) electrons. The number of ether oxygens (including phenoxy) is 2. The Morgan fingerprint density at radius 3 is 2.66 bits per heavy atom. The van der Waals surface area contributed by atoms with Gasteiger partial charge >= 0.3 is 5.97 Å². The maximum absolute atomic E-state index is 13.7. The molecule has 178 valence electrons. The second-order valence-corrected chi connectivity index (χ2v) is 9.10. The number of allylic oxidation sites excluding steroid dienone is 1. The number of fused-ring (bicyclic) bond motifs is 2. The lowest BCUT2D eigenvalue weighted by Gasteiger charge is -2.24. The number of hydrogen-bond donors (Lipinski definition) is 1. The van der Waals surface area contributed by atoms with Gasteiger partial charge in [-0.2, -0.15) is 0 Å². The summed E-state index contributed by atoms with van der Waals surface area (Å²) < 4.78 is 13.1. The van der Waals surface area contributed by atoms with Crippen molar-refractivity contribution in [1.29, 1.82) is 0 Å². The van der Waals surface area contributed by atoms with Gasteiger partial charge in [-0.15, -0.1) is 0 Å². The predicted molar refractivity (Wildman–Crippen MR) is 136 cm³/mol. The van der Waals surface area contributed by atoms with Crippen LogP contribution in [-0.2, 0) is 9.53 Å². The molecule has 0 aliphatic carbocycles. The lowest BCUT2D eigenvalue weighted by atomic mass is 9.96. The Hall–Kier alpha value is -3.91. The lowest BCUT2D eigenvalue weighted by molar-refractivity contribution is -0.139. The zero-order valence-corrected chi connectivity index (χ0v) is 20.5. The van der Waals surface area contributed by atoms with Crippen LogP contribution in [0.25, 0.3) is 17.0 Å². The number of rotatable bonds is 6. The molecule has 8 heteroatoms. The van der Waals surface area contributed by atoms with Crippen molar-refractivity contribution in [2.24, 2.45) is 4.99 Å². The molecule has 4 aromatic rings. The topological polar surface area (TPSA) is 85.7 Å². The second-order valence-electron chi connectivity index (χ2n) is 8.09. The summed E-state index contributed by atoms with van der Waals surface area (Å²) in [4.78, 5) is 35.2. The highest BCUT2D eigenvalue weighted by Crippen LogP contribution is 2.31. The Morgan fingerprint density at radius 1 is 1.14 bits per heavy atom. The molecule has 0 bridgehead atoms. The summed E-state index contributed by atoms with van der Waals surface area (Å²) in [5.41, 5.74) is 3.41. The Kier molecular flexibility index (Phi) is 6.13. The highest BCUT2D eigenvalue weighted by Gasteiger charge is 2.33. The number of esters is 1. The monoisotopic (exact) mass is 487 g/mol. The molecule has 0 unspecified atom stereocenters. The van der Waals surface area contributed by atoms with Crippen molar-refractivity contribution in [2.75, 3.05) is 13.2 Å². The van der Waals surface area contributed by atoms with E-state index >= 15 is 0 Å². The van der Waals surface area contributed by atoms with Gasteiger partial charge < -0.3 is 14.5 Å². The highest BCUT2D eigenvalue weighted by atomic mass is 32.1. The number of para-hydroxylation sites is 1. The van der Waals surface area contributed by atoms with Gasteiger partial charge in [0.2, 0.25) is 0 Å². The lowest BCUT2D eigenvalue weighted by Crippen LogP contribution is -2.39. The molecule has 7 nitrogen and oxygen atoms in total. The minimum absolute atomic E-state index is 0.202. The number of benzene rings is 2. The van der Waals surface area contributed by atoms with E-state index in [-0.39, 0.29) is 12.2 Å². The molecule has 2 aromatic heterocycles. The Labute approximate surface area is 205 Å². The van der Waals surface area contributed by atoms with E-state index in [1.807, 2.05) is 67.7 Å². The Bertz CT molecular complexity index is 1620. The van der Waals surface area contributed by atoms with Crippen LogP contribution in [0.3, 0.4) is 0 Å². The minimum atomic E-state index is -0.647. The standard InChI is InChI=1S/C27H25N3O4S/c1-4-33-19-12-10-17(11-13-19)24-23(26(32)34-5-2)16(3)29-27-30(24)25(31)22(35-27)14-18-15-28-21-9-7-6-8-20(18)21/h6-15,24,28H,4-5H2,1-3H3/b22-14-/t24-/m0/s1. The Morgan fingerprint density at radius 2 is 1.91 bits per heavy atom. The van der Waals surface area contributed by atoms with Crippen LogP contribution in [0.2, 0.25) is 0 Å². The number of carbonyl (C=O) groups is 1. The van der Waals surface area contributed by atoms with Crippen LogP contribution in [0.5, 0.6) is 5.75 Å². The number of hydrogen-bond acceptors (Lipinski definition) is 6. The first-order chi connectivity index (χ1) is 17.0. The van der Waals surface area contributed by atoms with Gasteiger partial charge in [-0.3, -0.25) is 9.36 Å². The predicted octanol–water partition coefficient (Wildman–Crippen LogP) is 3.68. The Balaban J connectivity index is 1.70. The largest absolute Gasteiger partial charge is 0.494 e. The average Bonchev–Trinajstić information content (AvgIpc) is 3.40. The summed E-state index contributed by atoms with van der Waals surface area (Å²) >= 11 is 1.31. The summed E-state index contributed by atoms with van der Waals surface area (Å²) in [5, 5.41) is 1.03. The number of aromatic amines is 1. The molecule has 1 atom stereocenters. The maximum Gasteiger partial charge on any atom is 0.338 e. The smallest absolute Gasteiger partial charge is 0.338 e. The molecule has 35 heavy (non-hydrogen) atoms. The van der Waals surface area contributed by atoms with Crippen molar-refractivity contribution in [3.05, 3.63) is 96.8 Å². The second kappa shape index (κ2) is 9.38. The van der Waals surface area contributed by atoms with Gasteiger partial charge in [0, 0.05) is 22.7 Å². The minimum Gasteiger partial charge on any atom is -0.494 e.